The zero-order valence-electron chi connectivity index (χ0n) is 21.2. The average Bonchev–Trinajstić information content (AvgIpc) is 3.22. The summed E-state index contributed by atoms with van der Waals surface area (Å²) in [7, 11) is 0. The van der Waals surface area contributed by atoms with Crippen molar-refractivity contribution in [3.63, 3.8) is 0 Å². The first-order chi connectivity index (χ1) is 17.9. The lowest BCUT2D eigenvalue weighted by molar-refractivity contribution is -0.0340. The number of rotatable bonds is 7. The van der Waals surface area contributed by atoms with Crippen molar-refractivity contribution < 1.29 is 9.53 Å². The monoisotopic (exact) mass is 514 g/mol. The number of nitrogens with one attached hydrogen (secondary N) is 1. The Balaban J connectivity index is 1.01. The molecule has 1 aliphatic heterocycles. The van der Waals surface area contributed by atoms with E-state index in [0.717, 1.165) is 48.6 Å². The minimum absolute atomic E-state index is 0.146. The molecule has 0 unspecified atom stereocenters. The number of hydrogen-bond acceptors (Lipinski definition) is 4. The maximum Gasteiger partial charge on any atom is 0.270 e. The molecule has 190 valence electrons. The van der Waals surface area contributed by atoms with Crippen LogP contribution in [0, 0.1) is 12.3 Å². The highest BCUT2D eigenvalue weighted by molar-refractivity contribution is 6.30. The van der Waals surface area contributed by atoms with Crippen LogP contribution in [-0.4, -0.2) is 34.5 Å². The normalized spacial score (nSPS) is 16.5. The number of aryl methyl sites for hydroxylation is 2. The second kappa shape index (κ2) is 9.42. The Morgan fingerprint density at radius 1 is 1.08 bits per heavy atom. The highest BCUT2D eigenvalue weighted by Gasteiger charge is 2.53. The van der Waals surface area contributed by atoms with Crippen LogP contribution in [0.5, 0.6) is 5.75 Å². The Morgan fingerprint density at radius 3 is 2.51 bits per heavy atom. The molecule has 0 atom stereocenters. The lowest BCUT2D eigenvalue weighted by Gasteiger charge is -2.59. The molecule has 0 radical (unpaired) electrons. The molecule has 2 aromatic heterocycles. The first-order valence-electron chi connectivity index (χ1n) is 12.9. The van der Waals surface area contributed by atoms with Crippen LogP contribution < -0.4 is 15.0 Å². The molecule has 0 bridgehead atoms. The van der Waals surface area contributed by atoms with E-state index in [1.54, 1.807) is 16.7 Å². The predicted octanol–water partition coefficient (Wildman–Crippen LogP) is 5.84. The zero-order valence-corrected chi connectivity index (χ0v) is 22.0. The van der Waals surface area contributed by atoms with Crippen molar-refractivity contribution in [2.45, 2.75) is 45.8 Å². The summed E-state index contributed by atoms with van der Waals surface area (Å²) in [6, 6.07) is 20.4. The number of pyridine rings is 1. The molecule has 1 saturated heterocycles. The van der Waals surface area contributed by atoms with Crippen LogP contribution in [-0.2, 0) is 13.0 Å². The third-order valence-electron chi connectivity index (χ3n) is 7.66. The molecule has 1 saturated carbocycles. The topological polar surface area (TPSA) is 58.9 Å². The van der Waals surface area contributed by atoms with Gasteiger partial charge in [-0.05, 0) is 68.1 Å². The maximum absolute atomic E-state index is 13.0. The molecule has 1 N–H and O–H groups in total. The standard InChI is InChI=1S/C30H31ClN4O2/c1-3-26-28(35-17-22(31)8-13-27(35)33-26)29(36)32-16-21-6-9-23(10-7-21)34-18-30(19-34)14-25(15-30)37-24-11-4-20(2)5-12-24/h4-13,17,25H,3,14-16,18-19H2,1-2H3,(H,32,36). The largest absolute Gasteiger partial charge is 0.490 e. The quantitative estimate of drug-likeness (QED) is 0.337. The number of aromatic nitrogens is 2. The molecule has 6 rings (SSSR count). The van der Waals surface area contributed by atoms with Crippen molar-refractivity contribution in [2.75, 3.05) is 18.0 Å². The fraction of sp³-hybridized carbons (Fsp3) is 0.333. The molecule has 1 amide bonds. The van der Waals surface area contributed by atoms with Crippen LogP contribution in [0.15, 0.2) is 66.9 Å². The molecule has 2 aromatic carbocycles. The van der Waals surface area contributed by atoms with Gasteiger partial charge in [0.05, 0.1) is 10.7 Å². The number of carbonyl (C=O) groups is 1. The lowest BCUT2D eigenvalue weighted by atomic mass is 9.61. The summed E-state index contributed by atoms with van der Waals surface area (Å²) in [6.07, 6.45) is 4.98. The molecular weight excluding hydrogens is 484 g/mol. The summed E-state index contributed by atoms with van der Waals surface area (Å²) in [4.78, 5) is 20.1. The van der Waals surface area contributed by atoms with E-state index in [0.29, 0.717) is 35.2 Å². The van der Waals surface area contributed by atoms with Crippen LogP contribution in [0.4, 0.5) is 5.69 Å². The summed E-state index contributed by atoms with van der Waals surface area (Å²) in [6.45, 7) is 6.70. The summed E-state index contributed by atoms with van der Waals surface area (Å²) >= 11 is 6.16. The van der Waals surface area contributed by atoms with Crippen molar-refractivity contribution in [1.29, 1.82) is 0 Å². The van der Waals surface area contributed by atoms with Crippen molar-refractivity contribution in [3.8, 4) is 5.75 Å². The van der Waals surface area contributed by atoms with Gasteiger partial charge < -0.3 is 15.0 Å². The fourth-order valence-corrected chi connectivity index (χ4v) is 5.81. The minimum atomic E-state index is -0.146. The number of benzene rings is 2. The Hall–Kier alpha value is -3.51. The molecule has 1 aliphatic carbocycles. The van der Waals surface area contributed by atoms with Gasteiger partial charge in [0.15, 0.2) is 0 Å². The van der Waals surface area contributed by atoms with E-state index in [9.17, 15) is 4.79 Å². The SMILES string of the molecule is CCc1nc2ccc(Cl)cn2c1C(=O)NCc1ccc(N2CC3(CC(Oc4ccc(C)cc4)C3)C2)cc1. The molecular formula is C30H31ClN4O2. The average molecular weight is 515 g/mol. The van der Waals surface area contributed by atoms with Gasteiger partial charge in [-0.2, -0.15) is 0 Å². The molecule has 4 aromatic rings. The number of ether oxygens (including phenoxy) is 1. The van der Waals surface area contributed by atoms with E-state index in [1.165, 1.54) is 11.3 Å². The fourth-order valence-electron chi connectivity index (χ4n) is 5.65. The number of amides is 1. The number of halogens is 1. The summed E-state index contributed by atoms with van der Waals surface area (Å²) in [5, 5.41) is 3.62. The van der Waals surface area contributed by atoms with Gasteiger partial charge in [-0.25, -0.2) is 4.98 Å². The van der Waals surface area contributed by atoms with Crippen LogP contribution >= 0.6 is 11.6 Å². The third-order valence-corrected chi connectivity index (χ3v) is 7.88. The van der Waals surface area contributed by atoms with E-state index in [-0.39, 0.29) is 5.91 Å². The van der Waals surface area contributed by atoms with Crippen molar-refractivity contribution in [2.24, 2.45) is 5.41 Å². The Labute approximate surface area is 222 Å². The molecule has 2 fully saturated rings. The van der Waals surface area contributed by atoms with Crippen molar-refractivity contribution in [1.82, 2.24) is 14.7 Å². The molecule has 3 heterocycles. The number of carbonyl (C=O) groups excluding carboxylic acids is 1. The maximum atomic E-state index is 13.0. The van der Waals surface area contributed by atoms with Gasteiger partial charge in [-0.3, -0.25) is 9.20 Å². The zero-order chi connectivity index (χ0) is 25.6. The summed E-state index contributed by atoms with van der Waals surface area (Å²) in [5.74, 6) is 0.827. The highest BCUT2D eigenvalue weighted by atomic mass is 35.5. The van der Waals surface area contributed by atoms with E-state index < -0.39 is 0 Å². The Kier molecular flexibility index (Phi) is 6.07. The van der Waals surface area contributed by atoms with E-state index in [4.69, 9.17) is 16.3 Å². The first-order valence-corrected chi connectivity index (χ1v) is 13.3. The number of hydrogen-bond donors (Lipinski definition) is 1. The van der Waals surface area contributed by atoms with Gasteiger partial charge in [0.25, 0.3) is 5.91 Å². The van der Waals surface area contributed by atoms with Crippen LogP contribution in [0.2, 0.25) is 5.02 Å². The van der Waals surface area contributed by atoms with E-state index in [1.807, 2.05) is 13.0 Å². The number of imidazole rings is 1. The van der Waals surface area contributed by atoms with Crippen molar-refractivity contribution in [3.05, 3.63) is 94.4 Å². The van der Waals surface area contributed by atoms with E-state index >= 15 is 0 Å². The van der Waals surface area contributed by atoms with Crippen LogP contribution in [0.1, 0.15) is 47.1 Å². The van der Waals surface area contributed by atoms with Gasteiger partial charge >= 0.3 is 0 Å². The van der Waals surface area contributed by atoms with Crippen LogP contribution in [0.25, 0.3) is 5.65 Å². The predicted molar refractivity (Wildman–Crippen MR) is 147 cm³/mol. The molecule has 37 heavy (non-hydrogen) atoms. The second-order valence-electron chi connectivity index (χ2n) is 10.5. The Bertz CT molecular complexity index is 1430. The second-order valence-corrected chi connectivity index (χ2v) is 10.9. The Morgan fingerprint density at radius 2 is 1.81 bits per heavy atom. The van der Waals surface area contributed by atoms with E-state index in [2.05, 4.69) is 70.7 Å². The number of nitrogens with zero attached hydrogens (tertiary/aromatic N) is 3. The van der Waals surface area contributed by atoms with Gasteiger partial charge in [-0.15, -0.1) is 0 Å². The third kappa shape index (κ3) is 4.66. The molecule has 7 heteroatoms. The smallest absolute Gasteiger partial charge is 0.270 e. The van der Waals surface area contributed by atoms with Gasteiger partial charge in [0.2, 0.25) is 0 Å². The lowest BCUT2D eigenvalue weighted by Crippen LogP contribution is -2.64. The minimum Gasteiger partial charge on any atom is -0.490 e. The molecule has 2 aliphatic rings. The number of anilines is 1. The highest BCUT2D eigenvalue weighted by Crippen LogP contribution is 2.50. The van der Waals surface area contributed by atoms with Crippen molar-refractivity contribution >= 4 is 28.8 Å². The summed E-state index contributed by atoms with van der Waals surface area (Å²) in [5.41, 5.74) is 5.99. The molecule has 1 spiro atoms. The first kappa shape index (κ1) is 23.9. The number of fused-ring (bicyclic) bond motifs is 1. The molecule has 6 nitrogen and oxygen atoms in total. The van der Waals surface area contributed by atoms with Gasteiger partial charge in [0, 0.05) is 36.9 Å². The van der Waals surface area contributed by atoms with Gasteiger partial charge in [-0.1, -0.05) is 48.4 Å². The van der Waals surface area contributed by atoms with Gasteiger partial charge in [0.1, 0.15) is 23.2 Å². The van der Waals surface area contributed by atoms with Crippen LogP contribution in [0.3, 0.4) is 0 Å². The summed E-state index contributed by atoms with van der Waals surface area (Å²) < 4.78 is 7.92.